The van der Waals surface area contributed by atoms with Crippen LogP contribution in [-0.4, -0.2) is 24.4 Å². The molecule has 0 radical (unpaired) electrons. The van der Waals surface area contributed by atoms with E-state index in [2.05, 4.69) is 15.9 Å². The molecule has 18 heavy (non-hydrogen) atoms. The van der Waals surface area contributed by atoms with Gasteiger partial charge in [-0.15, -0.1) is 0 Å². The zero-order chi connectivity index (χ0) is 13.5. The number of nitrogens with zero attached hydrogens (tertiary/aromatic N) is 2. The highest BCUT2D eigenvalue weighted by Gasteiger charge is 2.19. The number of halogens is 1. The molecule has 1 aromatic rings. The van der Waals surface area contributed by atoms with Gasteiger partial charge in [-0.3, -0.25) is 4.79 Å². The van der Waals surface area contributed by atoms with Gasteiger partial charge in [0.1, 0.15) is 5.92 Å². The number of nitriles is 1. The van der Waals surface area contributed by atoms with E-state index in [4.69, 9.17) is 5.26 Å². The van der Waals surface area contributed by atoms with Crippen LogP contribution in [0.4, 0.5) is 0 Å². The lowest BCUT2D eigenvalue weighted by molar-refractivity contribution is -0.132. The Balaban J connectivity index is 2.51. The molecule has 0 bridgehead atoms. The first-order valence-electron chi connectivity index (χ1n) is 5.97. The van der Waals surface area contributed by atoms with Gasteiger partial charge in [0, 0.05) is 18.1 Å². The largest absolute Gasteiger partial charge is 0.344 e. The van der Waals surface area contributed by atoms with Crippen molar-refractivity contribution >= 4 is 21.8 Å². The van der Waals surface area contributed by atoms with E-state index in [0.29, 0.717) is 13.0 Å². The number of benzene rings is 1. The Morgan fingerprint density at radius 1 is 1.44 bits per heavy atom. The Hall–Kier alpha value is -1.34. The van der Waals surface area contributed by atoms with Crippen molar-refractivity contribution in [3.05, 3.63) is 34.3 Å². The molecular weight excluding hydrogens is 292 g/mol. The van der Waals surface area contributed by atoms with Crippen molar-refractivity contribution in [2.45, 2.75) is 19.8 Å². The molecule has 0 fully saturated rings. The highest BCUT2D eigenvalue weighted by molar-refractivity contribution is 9.10. The van der Waals surface area contributed by atoms with Gasteiger partial charge in [0.2, 0.25) is 5.91 Å². The van der Waals surface area contributed by atoms with Gasteiger partial charge < -0.3 is 4.90 Å². The Morgan fingerprint density at radius 2 is 2.06 bits per heavy atom. The average molecular weight is 309 g/mol. The van der Waals surface area contributed by atoms with Crippen LogP contribution >= 0.6 is 15.9 Å². The number of carbonyl (C=O) groups is 1. The van der Waals surface area contributed by atoms with Crippen LogP contribution < -0.4 is 0 Å². The van der Waals surface area contributed by atoms with Crippen LogP contribution in [0.1, 0.15) is 18.9 Å². The summed E-state index contributed by atoms with van der Waals surface area (Å²) in [5.41, 5.74) is 1.18. The number of likely N-dealkylation sites (N-methyl/N-ethyl adjacent to an activating group) is 1. The zero-order valence-electron chi connectivity index (χ0n) is 10.7. The van der Waals surface area contributed by atoms with Crippen LogP contribution in [-0.2, 0) is 11.2 Å². The summed E-state index contributed by atoms with van der Waals surface area (Å²) in [5, 5.41) is 8.86. The summed E-state index contributed by atoms with van der Waals surface area (Å²) in [4.78, 5) is 13.5. The minimum atomic E-state index is -0.514. The van der Waals surface area contributed by atoms with Gasteiger partial charge >= 0.3 is 0 Å². The summed E-state index contributed by atoms with van der Waals surface area (Å²) in [5.74, 6) is -0.600. The lowest BCUT2D eigenvalue weighted by atomic mass is 10.1. The number of amides is 1. The van der Waals surface area contributed by atoms with E-state index < -0.39 is 5.92 Å². The maximum atomic E-state index is 11.9. The Kier molecular flexibility index (Phi) is 5.87. The van der Waals surface area contributed by atoms with Gasteiger partial charge in [0.05, 0.1) is 6.07 Å². The zero-order valence-corrected chi connectivity index (χ0v) is 12.3. The fourth-order valence-electron chi connectivity index (χ4n) is 1.65. The highest BCUT2D eigenvalue weighted by Crippen LogP contribution is 2.12. The second-order valence-corrected chi connectivity index (χ2v) is 5.14. The fraction of sp³-hybridized carbons (Fsp3) is 0.429. The van der Waals surface area contributed by atoms with E-state index in [0.717, 1.165) is 10.9 Å². The molecule has 0 N–H and O–H groups in total. The van der Waals surface area contributed by atoms with Crippen molar-refractivity contribution in [2.24, 2.45) is 5.92 Å². The summed E-state index contributed by atoms with van der Waals surface area (Å²) in [7, 11) is 1.75. The SMILES string of the molecule is CCC(C#N)C(=O)N(C)CCc1ccc(Br)cc1. The van der Waals surface area contributed by atoms with E-state index in [1.807, 2.05) is 37.3 Å². The molecule has 0 aliphatic heterocycles. The minimum absolute atomic E-state index is 0.0860. The van der Waals surface area contributed by atoms with E-state index in [9.17, 15) is 4.79 Å². The average Bonchev–Trinajstić information content (AvgIpc) is 2.39. The quantitative estimate of drug-likeness (QED) is 0.839. The van der Waals surface area contributed by atoms with Crippen molar-refractivity contribution in [1.82, 2.24) is 4.90 Å². The Labute approximate surface area is 117 Å². The number of rotatable bonds is 5. The predicted octanol–water partition coefficient (Wildman–Crippen LogP) is 3.00. The van der Waals surface area contributed by atoms with Crippen LogP contribution in [0.2, 0.25) is 0 Å². The predicted molar refractivity (Wildman–Crippen MR) is 74.9 cm³/mol. The molecule has 0 heterocycles. The Morgan fingerprint density at radius 3 is 2.56 bits per heavy atom. The van der Waals surface area contributed by atoms with Gasteiger partial charge in [-0.25, -0.2) is 0 Å². The molecule has 4 heteroatoms. The maximum Gasteiger partial charge on any atom is 0.239 e. The second kappa shape index (κ2) is 7.17. The lowest BCUT2D eigenvalue weighted by Gasteiger charge is -2.19. The summed E-state index contributed by atoms with van der Waals surface area (Å²) < 4.78 is 1.05. The third-order valence-electron chi connectivity index (χ3n) is 2.89. The van der Waals surface area contributed by atoms with Crippen molar-refractivity contribution in [1.29, 1.82) is 5.26 Å². The number of hydrogen-bond donors (Lipinski definition) is 0. The third-order valence-corrected chi connectivity index (χ3v) is 3.42. The van der Waals surface area contributed by atoms with Gasteiger partial charge in [-0.05, 0) is 30.5 Å². The molecule has 1 amide bonds. The first-order chi connectivity index (χ1) is 8.58. The highest BCUT2D eigenvalue weighted by atomic mass is 79.9. The Bertz CT molecular complexity index is 436. The lowest BCUT2D eigenvalue weighted by Crippen LogP contribution is -2.33. The van der Waals surface area contributed by atoms with Crippen LogP contribution in [0.5, 0.6) is 0 Å². The summed E-state index contributed by atoms with van der Waals surface area (Å²) in [6.07, 6.45) is 1.37. The number of carbonyl (C=O) groups excluding carboxylic acids is 1. The van der Waals surface area contributed by atoms with Crippen LogP contribution in [0.3, 0.4) is 0 Å². The molecule has 0 aromatic heterocycles. The van der Waals surface area contributed by atoms with Crippen LogP contribution in [0.25, 0.3) is 0 Å². The molecule has 0 aliphatic rings. The summed E-state index contributed by atoms with van der Waals surface area (Å²) in [6.45, 7) is 2.49. The van der Waals surface area contributed by atoms with Gasteiger partial charge in [-0.2, -0.15) is 5.26 Å². The third kappa shape index (κ3) is 4.15. The standard InChI is InChI=1S/C14H17BrN2O/c1-3-12(10-16)14(18)17(2)9-8-11-4-6-13(15)7-5-11/h4-7,12H,3,8-9H2,1-2H3. The van der Waals surface area contributed by atoms with Crippen molar-refractivity contribution in [2.75, 3.05) is 13.6 Å². The summed E-state index contributed by atoms with van der Waals surface area (Å²) in [6, 6.07) is 10.1. The topological polar surface area (TPSA) is 44.1 Å². The molecule has 1 atom stereocenters. The van der Waals surface area contributed by atoms with Crippen molar-refractivity contribution in [3.63, 3.8) is 0 Å². The molecule has 0 aliphatic carbocycles. The van der Waals surface area contributed by atoms with Gasteiger partial charge in [0.15, 0.2) is 0 Å². The maximum absolute atomic E-state index is 11.9. The van der Waals surface area contributed by atoms with E-state index in [1.165, 1.54) is 5.56 Å². The first kappa shape index (κ1) is 14.7. The van der Waals surface area contributed by atoms with Crippen LogP contribution in [0, 0.1) is 17.2 Å². The normalized spacial score (nSPS) is 11.7. The molecular formula is C14H17BrN2O. The van der Waals surface area contributed by atoms with Crippen molar-refractivity contribution in [3.8, 4) is 6.07 Å². The molecule has 0 saturated carbocycles. The molecule has 0 spiro atoms. The number of hydrogen-bond acceptors (Lipinski definition) is 2. The van der Waals surface area contributed by atoms with Crippen LogP contribution in [0.15, 0.2) is 28.7 Å². The van der Waals surface area contributed by atoms with Gasteiger partial charge in [0.25, 0.3) is 0 Å². The first-order valence-corrected chi connectivity index (χ1v) is 6.76. The van der Waals surface area contributed by atoms with Crippen molar-refractivity contribution < 1.29 is 4.79 Å². The molecule has 3 nitrogen and oxygen atoms in total. The monoisotopic (exact) mass is 308 g/mol. The molecule has 0 saturated heterocycles. The second-order valence-electron chi connectivity index (χ2n) is 4.23. The van der Waals surface area contributed by atoms with Gasteiger partial charge in [-0.1, -0.05) is 35.0 Å². The molecule has 1 aromatic carbocycles. The molecule has 96 valence electrons. The van der Waals surface area contributed by atoms with E-state index in [1.54, 1.807) is 11.9 Å². The molecule has 1 rings (SSSR count). The fourth-order valence-corrected chi connectivity index (χ4v) is 1.91. The van der Waals surface area contributed by atoms with E-state index in [-0.39, 0.29) is 5.91 Å². The molecule has 1 unspecified atom stereocenters. The summed E-state index contributed by atoms with van der Waals surface area (Å²) >= 11 is 3.39. The minimum Gasteiger partial charge on any atom is -0.344 e. The smallest absolute Gasteiger partial charge is 0.239 e. The van der Waals surface area contributed by atoms with E-state index >= 15 is 0 Å².